The van der Waals surface area contributed by atoms with E-state index in [1.807, 2.05) is 0 Å². The third kappa shape index (κ3) is 5.57. The van der Waals surface area contributed by atoms with Crippen LogP contribution in [0.5, 0.6) is 0 Å². The van der Waals surface area contributed by atoms with E-state index in [0.717, 1.165) is 0 Å². The van der Waals surface area contributed by atoms with Gasteiger partial charge in [-0.2, -0.15) is 0 Å². The van der Waals surface area contributed by atoms with Crippen molar-refractivity contribution in [1.82, 2.24) is 0 Å². The summed E-state index contributed by atoms with van der Waals surface area (Å²) in [5.74, 6) is -1.54. The molecule has 2 aliphatic heterocycles. The molecule has 0 bridgehead atoms. The second-order valence-corrected chi connectivity index (χ2v) is 8.74. The van der Waals surface area contributed by atoms with Crippen LogP contribution in [-0.4, -0.2) is 61.1 Å². The predicted octanol–water partition coefficient (Wildman–Crippen LogP) is 3.84. The lowest BCUT2D eigenvalue weighted by atomic mass is 9.96. The molecular weight excluding hydrogens is 490 g/mol. The lowest BCUT2D eigenvalue weighted by molar-refractivity contribution is -0.234. The molecule has 2 aliphatic rings. The standard InChI is InChI=1S/C29H25NO8/c1-18-30-23-25(38-28(33)21-15-9-4-10-16-21)24(37-27(32)20-13-7-3-8-14-20)22(36-29(23)35-18)17-34-26(31)19-11-5-2-6-12-19/h2-16,22-25,29H,17H2,1H3/t22?,23?,24-,25?,29+/m1/s1. The van der Waals surface area contributed by atoms with Crippen molar-refractivity contribution >= 4 is 23.8 Å². The van der Waals surface area contributed by atoms with Crippen LogP contribution in [0.4, 0.5) is 0 Å². The normalized spacial score (nSPS) is 23.8. The first-order valence-electron chi connectivity index (χ1n) is 12.1. The fourth-order valence-electron chi connectivity index (χ4n) is 4.29. The van der Waals surface area contributed by atoms with Crippen molar-refractivity contribution in [3.8, 4) is 0 Å². The van der Waals surface area contributed by atoms with Gasteiger partial charge in [-0.25, -0.2) is 19.4 Å². The van der Waals surface area contributed by atoms with Crippen molar-refractivity contribution in [3.63, 3.8) is 0 Å². The molecule has 9 heteroatoms. The second kappa shape index (κ2) is 11.3. The molecule has 0 aromatic heterocycles. The first kappa shape index (κ1) is 25.2. The van der Waals surface area contributed by atoms with Crippen LogP contribution >= 0.6 is 0 Å². The zero-order chi connectivity index (χ0) is 26.5. The van der Waals surface area contributed by atoms with Gasteiger partial charge >= 0.3 is 17.9 Å². The number of hydrogen-bond donors (Lipinski definition) is 0. The summed E-state index contributed by atoms with van der Waals surface area (Å²) in [6, 6.07) is 24.5. The Morgan fingerprint density at radius 3 is 1.71 bits per heavy atom. The summed E-state index contributed by atoms with van der Waals surface area (Å²) in [7, 11) is 0. The monoisotopic (exact) mass is 515 g/mol. The van der Waals surface area contributed by atoms with E-state index in [9.17, 15) is 14.4 Å². The number of benzene rings is 3. The molecule has 5 atom stereocenters. The van der Waals surface area contributed by atoms with E-state index in [0.29, 0.717) is 22.6 Å². The van der Waals surface area contributed by atoms with Gasteiger partial charge in [-0.1, -0.05) is 54.6 Å². The molecule has 0 N–H and O–H groups in total. The minimum Gasteiger partial charge on any atom is -0.459 e. The van der Waals surface area contributed by atoms with Gasteiger partial charge in [0.25, 0.3) is 0 Å². The SMILES string of the molecule is CC1=NC2C(OC(=O)c3ccccc3)[C@H](OC(=O)c3ccccc3)C(COC(=O)c3ccccc3)O[C@@H]2O1. The van der Waals surface area contributed by atoms with E-state index in [4.69, 9.17) is 23.7 Å². The number of aliphatic imine (C=N–C) groups is 1. The molecule has 0 spiro atoms. The van der Waals surface area contributed by atoms with Crippen molar-refractivity contribution in [3.05, 3.63) is 108 Å². The zero-order valence-electron chi connectivity index (χ0n) is 20.5. The Balaban J connectivity index is 1.43. The van der Waals surface area contributed by atoms with Crippen molar-refractivity contribution < 1.29 is 38.1 Å². The van der Waals surface area contributed by atoms with Crippen LogP contribution in [0.3, 0.4) is 0 Å². The average Bonchev–Trinajstić information content (AvgIpc) is 3.34. The van der Waals surface area contributed by atoms with Crippen LogP contribution in [0, 0.1) is 0 Å². The van der Waals surface area contributed by atoms with E-state index in [2.05, 4.69) is 4.99 Å². The van der Waals surface area contributed by atoms with Gasteiger partial charge in [0.05, 0.1) is 16.7 Å². The van der Waals surface area contributed by atoms with Crippen molar-refractivity contribution in [2.24, 2.45) is 4.99 Å². The molecule has 194 valence electrons. The molecule has 2 heterocycles. The van der Waals surface area contributed by atoms with Crippen molar-refractivity contribution in [1.29, 1.82) is 0 Å². The third-order valence-corrected chi connectivity index (χ3v) is 6.13. The molecular formula is C29H25NO8. The minimum atomic E-state index is -1.15. The molecule has 3 aromatic carbocycles. The van der Waals surface area contributed by atoms with Crippen molar-refractivity contribution in [2.75, 3.05) is 6.61 Å². The van der Waals surface area contributed by atoms with Gasteiger partial charge in [-0.15, -0.1) is 0 Å². The number of nitrogens with zero attached hydrogens (tertiary/aromatic N) is 1. The summed E-state index contributed by atoms with van der Waals surface area (Å²) in [6.07, 6.45) is -4.16. The van der Waals surface area contributed by atoms with Crippen LogP contribution in [-0.2, 0) is 23.7 Å². The smallest absolute Gasteiger partial charge is 0.338 e. The number of ether oxygens (including phenoxy) is 5. The summed E-state index contributed by atoms with van der Waals surface area (Å²) in [5.41, 5.74) is 0.961. The first-order valence-corrected chi connectivity index (χ1v) is 12.1. The molecule has 38 heavy (non-hydrogen) atoms. The third-order valence-electron chi connectivity index (χ3n) is 6.13. The fourth-order valence-corrected chi connectivity index (χ4v) is 4.29. The Labute approximate surface area is 218 Å². The molecule has 0 amide bonds. The maximum atomic E-state index is 13.1. The van der Waals surface area contributed by atoms with E-state index in [1.54, 1.807) is 97.9 Å². The summed E-state index contributed by atoms with van der Waals surface area (Å²) in [6.45, 7) is 1.36. The van der Waals surface area contributed by atoms with Gasteiger partial charge in [0.1, 0.15) is 12.7 Å². The van der Waals surface area contributed by atoms with E-state index in [-0.39, 0.29) is 6.61 Å². The highest BCUT2D eigenvalue weighted by Crippen LogP contribution is 2.33. The zero-order valence-corrected chi connectivity index (χ0v) is 20.5. The fraction of sp³-hybridized carbons (Fsp3) is 0.241. The highest BCUT2D eigenvalue weighted by molar-refractivity contribution is 5.91. The van der Waals surface area contributed by atoms with Gasteiger partial charge in [-0.3, -0.25) is 0 Å². The predicted molar refractivity (Wildman–Crippen MR) is 135 cm³/mol. The van der Waals surface area contributed by atoms with Gasteiger partial charge < -0.3 is 23.7 Å². The number of hydrogen-bond acceptors (Lipinski definition) is 9. The minimum absolute atomic E-state index is 0.286. The van der Waals surface area contributed by atoms with E-state index >= 15 is 0 Å². The summed E-state index contributed by atoms with van der Waals surface area (Å²) < 4.78 is 29.0. The highest BCUT2D eigenvalue weighted by Gasteiger charge is 2.54. The summed E-state index contributed by atoms with van der Waals surface area (Å²) in [4.78, 5) is 43.2. The number of carbonyl (C=O) groups is 3. The van der Waals surface area contributed by atoms with Crippen molar-refractivity contribution in [2.45, 2.75) is 37.6 Å². The Morgan fingerprint density at radius 1 is 0.711 bits per heavy atom. The molecule has 1 fully saturated rings. The first-order chi connectivity index (χ1) is 18.5. The Hall–Kier alpha value is -4.50. The van der Waals surface area contributed by atoms with E-state index in [1.165, 1.54) is 0 Å². The Bertz CT molecular complexity index is 1310. The van der Waals surface area contributed by atoms with Crippen LogP contribution in [0.1, 0.15) is 38.0 Å². The van der Waals surface area contributed by atoms with Gasteiger partial charge in [0, 0.05) is 6.92 Å². The Morgan fingerprint density at radius 2 is 1.18 bits per heavy atom. The topological polar surface area (TPSA) is 110 Å². The number of fused-ring (bicyclic) bond motifs is 1. The molecule has 0 aliphatic carbocycles. The largest absolute Gasteiger partial charge is 0.459 e. The van der Waals surface area contributed by atoms with Crippen LogP contribution in [0.15, 0.2) is 96.0 Å². The lowest BCUT2D eigenvalue weighted by Crippen LogP contribution is -2.60. The molecule has 5 rings (SSSR count). The quantitative estimate of drug-likeness (QED) is 0.345. The van der Waals surface area contributed by atoms with Crippen LogP contribution in [0.25, 0.3) is 0 Å². The lowest BCUT2D eigenvalue weighted by Gasteiger charge is -2.41. The van der Waals surface area contributed by atoms with E-state index < -0.39 is 48.6 Å². The van der Waals surface area contributed by atoms with Crippen LogP contribution < -0.4 is 0 Å². The number of carbonyl (C=O) groups excluding carboxylic acids is 3. The summed E-state index contributed by atoms with van der Waals surface area (Å²) >= 11 is 0. The summed E-state index contributed by atoms with van der Waals surface area (Å²) in [5, 5.41) is 0. The molecule has 9 nitrogen and oxygen atoms in total. The van der Waals surface area contributed by atoms with Gasteiger partial charge in [0.15, 0.2) is 24.1 Å². The van der Waals surface area contributed by atoms with Gasteiger partial charge in [-0.05, 0) is 36.4 Å². The molecule has 0 saturated carbocycles. The second-order valence-electron chi connectivity index (χ2n) is 8.74. The van der Waals surface area contributed by atoms with Gasteiger partial charge in [0.2, 0.25) is 6.29 Å². The Kier molecular flexibility index (Phi) is 7.46. The molecule has 1 saturated heterocycles. The van der Waals surface area contributed by atoms with Crippen LogP contribution in [0.2, 0.25) is 0 Å². The number of esters is 3. The maximum absolute atomic E-state index is 13.1. The average molecular weight is 516 g/mol. The molecule has 3 aromatic rings. The molecule has 0 radical (unpaired) electrons. The maximum Gasteiger partial charge on any atom is 0.338 e. The highest BCUT2D eigenvalue weighted by atomic mass is 16.7. The molecule has 3 unspecified atom stereocenters. The number of rotatable bonds is 7.